The molecule has 1 amide bonds. The number of benzene rings is 2. The van der Waals surface area contributed by atoms with Gasteiger partial charge in [0.15, 0.2) is 0 Å². The van der Waals surface area contributed by atoms with E-state index in [2.05, 4.69) is 26.0 Å². The van der Waals surface area contributed by atoms with Crippen LogP contribution in [0.25, 0.3) is 0 Å². The van der Waals surface area contributed by atoms with E-state index in [-0.39, 0.29) is 16.9 Å². The van der Waals surface area contributed by atoms with E-state index in [0.717, 1.165) is 7.11 Å². The van der Waals surface area contributed by atoms with Crippen molar-refractivity contribution in [2.45, 2.75) is 12.1 Å². The van der Waals surface area contributed by atoms with Crippen molar-refractivity contribution in [2.24, 2.45) is 0 Å². The molecule has 0 aliphatic heterocycles. The summed E-state index contributed by atoms with van der Waals surface area (Å²) in [6.07, 6.45) is -5.69. The molecule has 1 N–H and O–H groups in total. The highest BCUT2D eigenvalue weighted by atomic mass is 79.9. The van der Waals surface area contributed by atoms with Gasteiger partial charge in [0.2, 0.25) is 0 Å². The lowest BCUT2D eigenvalue weighted by Gasteiger charge is -2.21. The first kappa shape index (κ1) is 20.8. The van der Waals surface area contributed by atoms with Gasteiger partial charge in [-0.2, -0.15) is 13.2 Å². The molecule has 9 heteroatoms. The first-order valence-electron chi connectivity index (χ1n) is 7.67. The fraction of sp³-hybridized carbons (Fsp3) is 0.222. The van der Waals surface area contributed by atoms with Gasteiger partial charge >= 0.3 is 18.2 Å². The van der Waals surface area contributed by atoms with E-state index >= 15 is 0 Å². The van der Waals surface area contributed by atoms with Gasteiger partial charge in [0.25, 0.3) is 0 Å². The van der Waals surface area contributed by atoms with Crippen LogP contribution in [0.2, 0.25) is 0 Å². The average Bonchev–Trinajstić information content (AvgIpc) is 2.60. The van der Waals surface area contributed by atoms with Crippen molar-refractivity contribution >= 4 is 28.0 Å². The average molecular weight is 446 g/mol. The Morgan fingerprint density at radius 1 is 1.15 bits per heavy atom. The predicted molar refractivity (Wildman–Crippen MR) is 94.7 cm³/mol. The van der Waals surface area contributed by atoms with Crippen molar-refractivity contribution in [3.63, 3.8) is 0 Å². The van der Waals surface area contributed by atoms with Gasteiger partial charge < -0.3 is 14.8 Å². The minimum Gasteiger partial charge on any atom is -0.465 e. The number of ether oxygens (including phenoxy) is 2. The van der Waals surface area contributed by atoms with Crippen LogP contribution in [0.5, 0.6) is 5.75 Å². The Balaban J connectivity index is 2.10. The molecule has 2 aromatic rings. The van der Waals surface area contributed by atoms with Gasteiger partial charge in [0, 0.05) is 11.0 Å². The van der Waals surface area contributed by atoms with Crippen molar-refractivity contribution in [1.82, 2.24) is 5.32 Å². The van der Waals surface area contributed by atoms with Crippen LogP contribution in [0.3, 0.4) is 0 Å². The molecule has 0 fully saturated rings. The highest BCUT2D eigenvalue weighted by Crippen LogP contribution is 2.35. The lowest BCUT2D eigenvalue weighted by atomic mass is 9.98. The Labute approximate surface area is 161 Å². The van der Waals surface area contributed by atoms with Crippen LogP contribution in [0.1, 0.15) is 21.8 Å². The largest absolute Gasteiger partial charge is 0.465 e. The number of esters is 1. The summed E-state index contributed by atoms with van der Waals surface area (Å²) in [6.45, 7) is -0.723. The zero-order chi connectivity index (χ0) is 20.0. The summed E-state index contributed by atoms with van der Waals surface area (Å²) in [4.78, 5) is 23.6. The van der Waals surface area contributed by atoms with Crippen LogP contribution < -0.4 is 10.1 Å². The monoisotopic (exact) mass is 445 g/mol. The Bertz CT molecular complexity index is 826. The van der Waals surface area contributed by atoms with Crippen molar-refractivity contribution in [1.29, 1.82) is 0 Å². The Morgan fingerprint density at radius 3 is 2.48 bits per heavy atom. The molecule has 0 aliphatic rings. The van der Waals surface area contributed by atoms with E-state index in [1.54, 1.807) is 6.07 Å². The Hall–Kier alpha value is -2.55. The number of hydrogen-bond acceptors (Lipinski definition) is 4. The minimum atomic E-state index is -4.57. The van der Waals surface area contributed by atoms with E-state index in [1.807, 2.05) is 0 Å². The first-order chi connectivity index (χ1) is 12.7. The van der Waals surface area contributed by atoms with E-state index in [1.165, 1.54) is 42.5 Å². The Kier molecular flexibility index (Phi) is 6.84. The molecule has 0 heterocycles. The van der Waals surface area contributed by atoms with Crippen molar-refractivity contribution in [3.05, 3.63) is 64.1 Å². The molecule has 0 saturated heterocycles. The molecule has 2 rings (SSSR count). The molecule has 0 spiro atoms. The van der Waals surface area contributed by atoms with Gasteiger partial charge in [-0.25, -0.2) is 9.59 Å². The number of nitrogens with one attached hydrogen (secondary N) is 1. The van der Waals surface area contributed by atoms with Crippen LogP contribution in [-0.2, 0) is 4.74 Å². The highest BCUT2D eigenvalue weighted by molar-refractivity contribution is 9.10. The molecule has 0 aliphatic carbocycles. The second-order valence-corrected chi connectivity index (χ2v) is 6.32. The number of alkyl halides is 3. The number of rotatable bonds is 5. The Morgan fingerprint density at radius 2 is 1.85 bits per heavy atom. The number of amides is 1. The number of carbonyl (C=O) groups excluding carboxylic acids is 2. The summed E-state index contributed by atoms with van der Waals surface area (Å²) in [5.41, 5.74) is -0.0263. The van der Waals surface area contributed by atoms with Gasteiger partial charge in [-0.3, -0.25) is 0 Å². The van der Waals surface area contributed by atoms with Gasteiger partial charge in [0.05, 0.1) is 13.0 Å². The number of hydrogen-bond donors (Lipinski definition) is 1. The first-order valence-corrected chi connectivity index (χ1v) is 8.47. The number of methoxy groups -OCH3 is 1. The number of carbonyl (C=O) groups is 2. The van der Waals surface area contributed by atoms with Gasteiger partial charge in [-0.1, -0.05) is 40.2 Å². The quantitative estimate of drug-likeness (QED) is 0.679. The SMILES string of the molecule is COC(=O)c1ccccc1OC(=O)NCC(c1cccc(Br)c1)C(F)(F)F. The summed E-state index contributed by atoms with van der Waals surface area (Å²) in [5, 5.41) is 2.09. The van der Waals surface area contributed by atoms with Crippen LogP contribution >= 0.6 is 15.9 Å². The molecule has 1 atom stereocenters. The molecule has 1 unspecified atom stereocenters. The summed E-state index contributed by atoms with van der Waals surface area (Å²) < 4.78 is 50.1. The second kappa shape index (κ2) is 8.90. The molecule has 5 nitrogen and oxygen atoms in total. The highest BCUT2D eigenvalue weighted by Gasteiger charge is 2.41. The minimum absolute atomic E-state index is 0.00728. The molecule has 27 heavy (non-hydrogen) atoms. The topological polar surface area (TPSA) is 64.6 Å². The van der Waals surface area contributed by atoms with E-state index in [0.29, 0.717) is 4.47 Å². The van der Waals surface area contributed by atoms with Crippen LogP contribution in [0.15, 0.2) is 53.0 Å². The lowest BCUT2D eigenvalue weighted by molar-refractivity contribution is -0.149. The summed E-state index contributed by atoms with van der Waals surface area (Å²) in [6, 6.07) is 11.5. The molecule has 0 bridgehead atoms. The standard InChI is InChI=1S/C18H15BrF3NO4/c1-26-16(24)13-7-2-3-8-15(13)27-17(25)23-10-14(18(20,21)22)11-5-4-6-12(19)9-11/h2-9,14H,10H2,1H3,(H,23,25). The molecular weight excluding hydrogens is 431 g/mol. The van der Waals surface area contributed by atoms with Crippen molar-refractivity contribution in [3.8, 4) is 5.75 Å². The number of halogens is 4. The van der Waals surface area contributed by atoms with E-state index in [4.69, 9.17) is 4.74 Å². The van der Waals surface area contributed by atoms with Crippen LogP contribution in [0.4, 0.5) is 18.0 Å². The van der Waals surface area contributed by atoms with Crippen LogP contribution in [0, 0.1) is 0 Å². The fourth-order valence-electron chi connectivity index (χ4n) is 2.30. The van der Waals surface area contributed by atoms with Crippen molar-refractivity contribution in [2.75, 3.05) is 13.7 Å². The zero-order valence-corrected chi connectivity index (χ0v) is 15.6. The predicted octanol–water partition coefficient (Wildman–Crippen LogP) is 4.67. The third-order valence-electron chi connectivity index (χ3n) is 3.59. The zero-order valence-electron chi connectivity index (χ0n) is 14.0. The fourth-order valence-corrected chi connectivity index (χ4v) is 2.72. The van der Waals surface area contributed by atoms with E-state index in [9.17, 15) is 22.8 Å². The van der Waals surface area contributed by atoms with Gasteiger partial charge in [0.1, 0.15) is 11.3 Å². The maximum absolute atomic E-state index is 13.4. The summed E-state index contributed by atoms with van der Waals surface area (Å²) in [5.74, 6) is -2.77. The normalized spacial score (nSPS) is 12.2. The smallest absolute Gasteiger partial charge is 0.412 e. The molecule has 0 aromatic heterocycles. The third-order valence-corrected chi connectivity index (χ3v) is 4.08. The van der Waals surface area contributed by atoms with Gasteiger partial charge in [-0.05, 0) is 29.8 Å². The molecule has 0 saturated carbocycles. The van der Waals surface area contributed by atoms with Crippen molar-refractivity contribution < 1.29 is 32.2 Å². The number of para-hydroxylation sites is 1. The third kappa shape index (κ3) is 5.72. The maximum Gasteiger partial charge on any atom is 0.412 e. The lowest BCUT2D eigenvalue weighted by Crippen LogP contribution is -2.36. The summed E-state index contributed by atoms with van der Waals surface area (Å²) in [7, 11) is 1.16. The van der Waals surface area contributed by atoms with Crippen LogP contribution in [-0.4, -0.2) is 31.9 Å². The molecular formula is C18H15BrF3NO4. The second-order valence-electron chi connectivity index (χ2n) is 5.41. The summed E-state index contributed by atoms with van der Waals surface area (Å²) >= 11 is 3.13. The molecule has 0 radical (unpaired) electrons. The van der Waals surface area contributed by atoms with Gasteiger partial charge in [-0.15, -0.1) is 0 Å². The molecule has 2 aromatic carbocycles. The van der Waals surface area contributed by atoms with E-state index < -0.39 is 30.7 Å². The maximum atomic E-state index is 13.4. The molecule has 144 valence electrons.